The van der Waals surface area contributed by atoms with Crippen molar-refractivity contribution in [2.75, 3.05) is 0 Å². The molecule has 1 aliphatic rings. The summed E-state index contributed by atoms with van der Waals surface area (Å²) in [6.07, 6.45) is 7.23. The Morgan fingerprint density at radius 2 is 2.05 bits per heavy atom. The zero-order chi connectivity index (χ0) is 15.7. The second kappa shape index (κ2) is 5.55. The zero-order valence-electron chi connectivity index (χ0n) is 13.3. The number of hydrogen-bond acceptors (Lipinski definition) is 3. The smallest absolute Gasteiger partial charge is 0.251 e. The molecule has 116 valence electrons. The van der Waals surface area contributed by atoms with Crippen molar-refractivity contribution in [2.24, 2.45) is 0 Å². The molecule has 0 spiro atoms. The summed E-state index contributed by atoms with van der Waals surface area (Å²) in [7, 11) is 0. The lowest BCUT2D eigenvalue weighted by Crippen LogP contribution is -2.40. The van der Waals surface area contributed by atoms with Gasteiger partial charge < -0.3 is 9.88 Å². The fraction of sp³-hybridized carbons (Fsp3) is 0.471. The summed E-state index contributed by atoms with van der Waals surface area (Å²) in [6.45, 7) is 7.30. The quantitative estimate of drug-likeness (QED) is 0.925. The van der Waals surface area contributed by atoms with Gasteiger partial charge in [-0.2, -0.15) is 0 Å². The fourth-order valence-corrected chi connectivity index (χ4v) is 2.70. The molecule has 0 saturated heterocycles. The van der Waals surface area contributed by atoms with Gasteiger partial charge in [-0.15, -0.1) is 0 Å². The lowest BCUT2D eigenvalue weighted by molar-refractivity contribution is 0.0927. The average molecular weight is 298 g/mol. The molecule has 1 atom stereocenters. The van der Waals surface area contributed by atoms with Crippen molar-refractivity contribution >= 4 is 5.91 Å². The van der Waals surface area contributed by atoms with Crippen LogP contribution < -0.4 is 5.32 Å². The number of amides is 1. The van der Waals surface area contributed by atoms with Gasteiger partial charge in [-0.25, -0.2) is 4.98 Å². The van der Waals surface area contributed by atoms with Crippen LogP contribution in [0, 0.1) is 0 Å². The number of fused-ring (bicyclic) bond motifs is 1. The van der Waals surface area contributed by atoms with Crippen LogP contribution in [0.1, 0.15) is 49.1 Å². The molecule has 3 heterocycles. The van der Waals surface area contributed by atoms with E-state index in [1.807, 2.05) is 0 Å². The van der Waals surface area contributed by atoms with Gasteiger partial charge in [0.05, 0.1) is 5.69 Å². The van der Waals surface area contributed by atoms with Crippen molar-refractivity contribution in [3.63, 3.8) is 0 Å². The first-order valence-electron chi connectivity index (χ1n) is 7.71. The summed E-state index contributed by atoms with van der Waals surface area (Å²) in [5.74, 6) is 1.09. The predicted octanol–water partition coefficient (Wildman–Crippen LogP) is 2.32. The third kappa shape index (κ3) is 3.03. The molecule has 0 saturated carbocycles. The summed E-state index contributed by atoms with van der Waals surface area (Å²) >= 11 is 0. The molecule has 0 aromatic carbocycles. The number of carbonyl (C=O) groups excluding carboxylic acids is 1. The zero-order valence-corrected chi connectivity index (χ0v) is 13.3. The monoisotopic (exact) mass is 298 g/mol. The second-order valence-electron chi connectivity index (χ2n) is 6.89. The lowest BCUT2D eigenvalue weighted by atomic mass is 9.93. The van der Waals surface area contributed by atoms with E-state index in [1.54, 1.807) is 24.5 Å². The molecule has 0 radical (unpaired) electrons. The lowest BCUT2D eigenvalue weighted by Gasteiger charge is -2.24. The van der Waals surface area contributed by atoms with Crippen LogP contribution in [0.2, 0.25) is 0 Å². The third-order valence-corrected chi connectivity index (χ3v) is 4.04. The van der Waals surface area contributed by atoms with Gasteiger partial charge in [-0.05, 0) is 18.6 Å². The van der Waals surface area contributed by atoms with E-state index in [0.29, 0.717) is 5.56 Å². The highest BCUT2D eigenvalue weighted by molar-refractivity contribution is 5.94. The second-order valence-corrected chi connectivity index (χ2v) is 6.89. The van der Waals surface area contributed by atoms with Crippen molar-refractivity contribution in [2.45, 2.75) is 51.6 Å². The Labute approximate surface area is 130 Å². The van der Waals surface area contributed by atoms with E-state index in [-0.39, 0.29) is 17.4 Å². The fourth-order valence-electron chi connectivity index (χ4n) is 2.70. The summed E-state index contributed by atoms with van der Waals surface area (Å²) in [5, 5.41) is 3.11. The van der Waals surface area contributed by atoms with Gasteiger partial charge >= 0.3 is 0 Å². The summed E-state index contributed by atoms with van der Waals surface area (Å²) in [5.41, 5.74) is 1.82. The number of nitrogens with zero attached hydrogens (tertiary/aromatic N) is 3. The highest BCUT2D eigenvalue weighted by atomic mass is 16.1. The molecule has 0 aliphatic carbocycles. The van der Waals surface area contributed by atoms with Crippen LogP contribution in [-0.4, -0.2) is 26.5 Å². The molecule has 1 amide bonds. The first-order chi connectivity index (χ1) is 10.4. The number of rotatable bonds is 2. The highest BCUT2D eigenvalue weighted by Crippen LogP contribution is 2.24. The van der Waals surface area contributed by atoms with E-state index in [4.69, 9.17) is 4.98 Å². The van der Waals surface area contributed by atoms with E-state index < -0.39 is 0 Å². The minimum atomic E-state index is -0.0352. The highest BCUT2D eigenvalue weighted by Gasteiger charge is 2.25. The van der Waals surface area contributed by atoms with E-state index in [0.717, 1.165) is 30.9 Å². The molecule has 2 aromatic heterocycles. The minimum Gasteiger partial charge on any atom is -0.347 e. The van der Waals surface area contributed by atoms with Crippen LogP contribution in [0.15, 0.2) is 30.7 Å². The van der Waals surface area contributed by atoms with E-state index in [2.05, 4.69) is 41.8 Å². The SMILES string of the molecule is CC(C)(C)c1cn2c(n1)CC[C@@H](NC(=O)c1ccncc1)C2. The van der Waals surface area contributed by atoms with Gasteiger partial charge in [0.25, 0.3) is 5.91 Å². The Bertz CT molecular complexity index is 670. The molecule has 1 aliphatic heterocycles. The maximum absolute atomic E-state index is 12.2. The Kier molecular flexibility index (Phi) is 3.72. The first kappa shape index (κ1) is 14.8. The van der Waals surface area contributed by atoms with Crippen molar-refractivity contribution in [1.29, 1.82) is 0 Å². The molecule has 0 unspecified atom stereocenters. The van der Waals surface area contributed by atoms with Crippen LogP contribution in [-0.2, 0) is 18.4 Å². The molecule has 0 bridgehead atoms. The van der Waals surface area contributed by atoms with Crippen molar-refractivity contribution < 1.29 is 4.79 Å². The summed E-state index contributed by atoms with van der Waals surface area (Å²) < 4.78 is 2.18. The van der Waals surface area contributed by atoms with Crippen LogP contribution >= 0.6 is 0 Å². The summed E-state index contributed by atoms with van der Waals surface area (Å²) in [4.78, 5) is 20.9. The molecular formula is C17H22N4O. The average Bonchev–Trinajstić information content (AvgIpc) is 2.91. The number of pyridine rings is 1. The predicted molar refractivity (Wildman–Crippen MR) is 84.7 cm³/mol. The Morgan fingerprint density at radius 3 is 2.73 bits per heavy atom. The van der Waals surface area contributed by atoms with Crippen LogP contribution in [0.3, 0.4) is 0 Å². The van der Waals surface area contributed by atoms with Crippen molar-refractivity contribution in [3.8, 4) is 0 Å². The molecule has 5 nitrogen and oxygen atoms in total. The molecule has 0 fully saturated rings. The molecular weight excluding hydrogens is 276 g/mol. The summed E-state index contributed by atoms with van der Waals surface area (Å²) in [6, 6.07) is 3.62. The van der Waals surface area contributed by atoms with Crippen molar-refractivity contribution in [3.05, 3.63) is 47.8 Å². The van der Waals surface area contributed by atoms with Crippen molar-refractivity contribution in [1.82, 2.24) is 19.9 Å². The maximum atomic E-state index is 12.2. The minimum absolute atomic E-state index is 0.0352. The Morgan fingerprint density at radius 1 is 1.32 bits per heavy atom. The van der Waals surface area contributed by atoms with Gasteiger partial charge in [0.15, 0.2) is 0 Å². The van der Waals surface area contributed by atoms with Gasteiger partial charge in [0, 0.05) is 48.6 Å². The molecule has 5 heteroatoms. The standard InChI is InChI=1S/C17H22N4O/c1-17(2,3)14-11-21-10-13(4-5-15(21)20-14)19-16(22)12-6-8-18-9-7-12/h6-9,11,13H,4-5,10H2,1-3H3,(H,19,22)/t13-/m1/s1. The van der Waals surface area contributed by atoms with Gasteiger partial charge in [-0.1, -0.05) is 20.8 Å². The van der Waals surface area contributed by atoms with Crippen LogP contribution in [0.25, 0.3) is 0 Å². The van der Waals surface area contributed by atoms with Crippen LogP contribution in [0.5, 0.6) is 0 Å². The number of nitrogens with one attached hydrogen (secondary N) is 1. The van der Waals surface area contributed by atoms with Gasteiger partial charge in [0.1, 0.15) is 5.82 Å². The molecule has 2 aromatic rings. The number of aromatic nitrogens is 3. The van der Waals surface area contributed by atoms with E-state index in [9.17, 15) is 4.79 Å². The van der Waals surface area contributed by atoms with Gasteiger partial charge in [0.2, 0.25) is 0 Å². The molecule has 22 heavy (non-hydrogen) atoms. The normalized spacial score (nSPS) is 17.9. The number of imidazole rings is 1. The number of aryl methyl sites for hydroxylation is 1. The van der Waals surface area contributed by atoms with E-state index in [1.165, 1.54) is 0 Å². The van der Waals surface area contributed by atoms with Crippen LogP contribution in [0.4, 0.5) is 0 Å². The first-order valence-corrected chi connectivity index (χ1v) is 7.71. The molecule has 1 N–H and O–H groups in total. The third-order valence-electron chi connectivity index (χ3n) is 4.04. The largest absolute Gasteiger partial charge is 0.347 e. The maximum Gasteiger partial charge on any atom is 0.251 e. The van der Waals surface area contributed by atoms with E-state index >= 15 is 0 Å². The van der Waals surface area contributed by atoms with Gasteiger partial charge in [-0.3, -0.25) is 9.78 Å². The number of hydrogen-bond donors (Lipinski definition) is 1. The Hall–Kier alpha value is -2.17. The Balaban J connectivity index is 1.69. The molecule has 3 rings (SSSR count). The number of carbonyl (C=O) groups is 1. The topological polar surface area (TPSA) is 59.8 Å².